The molecule has 0 bridgehead atoms. The molecule has 0 saturated carbocycles. The Bertz CT molecular complexity index is 1050. The molecule has 1 N–H and O–H groups in total. The van der Waals surface area contributed by atoms with Gasteiger partial charge in [0, 0.05) is 31.9 Å². The summed E-state index contributed by atoms with van der Waals surface area (Å²) >= 11 is 0. The van der Waals surface area contributed by atoms with Crippen LogP contribution in [0.5, 0.6) is 0 Å². The van der Waals surface area contributed by atoms with E-state index in [0.717, 1.165) is 23.3 Å². The van der Waals surface area contributed by atoms with E-state index in [0.29, 0.717) is 38.3 Å². The Morgan fingerprint density at radius 1 is 0.969 bits per heavy atom. The zero-order chi connectivity index (χ0) is 23.3. The number of rotatable bonds is 7. The molecular formula is C22H25F2N3O4S. The second-order valence-electron chi connectivity index (χ2n) is 7.70. The van der Waals surface area contributed by atoms with Gasteiger partial charge in [0.15, 0.2) is 0 Å². The number of aryl methyl sites for hydroxylation is 1. The van der Waals surface area contributed by atoms with Crippen LogP contribution in [0.4, 0.5) is 14.5 Å². The maximum absolute atomic E-state index is 12.6. The van der Waals surface area contributed by atoms with E-state index < -0.39 is 20.5 Å². The molecule has 0 spiro atoms. The molecule has 0 aromatic heterocycles. The monoisotopic (exact) mass is 465 g/mol. The number of benzene rings is 2. The molecule has 172 valence electrons. The Hall–Kier alpha value is -2.85. The minimum absolute atomic E-state index is 0.0526. The first-order valence-corrected chi connectivity index (χ1v) is 11.7. The molecule has 7 nitrogen and oxygen atoms in total. The van der Waals surface area contributed by atoms with Crippen molar-refractivity contribution in [3.05, 3.63) is 59.7 Å². The summed E-state index contributed by atoms with van der Waals surface area (Å²) < 4.78 is 48.1. The molecule has 1 aliphatic rings. The summed E-state index contributed by atoms with van der Waals surface area (Å²) in [5.41, 5.74) is 2.42. The number of sulfone groups is 1. The normalized spacial score (nSPS) is 15.1. The van der Waals surface area contributed by atoms with Gasteiger partial charge < -0.3 is 10.2 Å². The maximum atomic E-state index is 12.6. The molecule has 2 aromatic carbocycles. The number of anilines is 1. The van der Waals surface area contributed by atoms with E-state index in [1.165, 1.54) is 12.1 Å². The average Bonchev–Trinajstić information content (AvgIpc) is 2.76. The lowest BCUT2D eigenvalue weighted by atomic mass is 10.1. The predicted octanol–water partition coefficient (Wildman–Crippen LogP) is 2.32. The van der Waals surface area contributed by atoms with Crippen LogP contribution in [-0.2, 0) is 25.8 Å². The van der Waals surface area contributed by atoms with Crippen LogP contribution in [0.1, 0.15) is 11.1 Å². The zero-order valence-corrected chi connectivity index (χ0v) is 18.4. The lowest BCUT2D eigenvalue weighted by Crippen LogP contribution is -2.50. The molecule has 1 heterocycles. The highest BCUT2D eigenvalue weighted by molar-refractivity contribution is 7.91. The van der Waals surface area contributed by atoms with E-state index in [1.807, 2.05) is 36.1 Å². The third kappa shape index (κ3) is 6.10. The van der Waals surface area contributed by atoms with E-state index in [4.69, 9.17) is 0 Å². The minimum Gasteiger partial charge on any atom is -0.340 e. The van der Waals surface area contributed by atoms with Gasteiger partial charge in [-0.25, -0.2) is 8.42 Å². The number of carbonyl (C=O) groups is 2. The van der Waals surface area contributed by atoms with Gasteiger partial charge in [-0.1, -0.05) is 29.8 Å². The maximum Gasteiger partial charge on any atom is 0.341 e. The highest BCUT2D eigenvalue weighted by atomic mass is 32.2. The highest BCUT2D eigenvalue weighted by Gasteiger charge is 2.26. The number of hydrogen-bond donors (Lipinski definition) is 1. The summed E-state index contributed by atoms with van der Waals surface area (Å²) in [5.74, 6) is -3.75. The first kappa shape index (κ1) is 23.8. The lowest BCUT2D eigenvalue weighted by Gasteiger charge is -2.34. The Balaban J connectivity index is 1.45. The van der Waals surface area contributed by atoms with Crippen molar-refractivity contribution in [2.24, 2.45) is 0 Å². The zero-order valence-electron chi connectivity index (χ0n) is 17.6. The van der Waals surface area contributed by atoms with Crippen LogP contribution in [0.15, 0.2) is 53.4 Å². The molecule has 0 unspecified atom stereocenters. The molecule has 1 fully saturated rings. The predicted molar refractivity (Wildman–Crippen MR) is 116 cm³/mol. The van der Waals surface area contributed by atoms with Crippen LogP contribution < -0.4 is 5.32 Å². The van der Waals surface area contributed by atoms with Crippen LogP contribution in [0.3, 0.4) is 0 Å². The Morgan fingerprint density at radius 3 is 2.12 bits per heavy atom. The van der Waals surface area contributed by atoms with Gasteiger partial charge in [0.05, 0.1) is 17.9 Å². The Morgan fingerprint density at radius 2 is 1.56 bits per heavy atom. The Labute approximate surface area is 185 Å². The number of carbonyl (C=O) groups excluding carboxylic acids is 2. The van der Waals surface area contributed by atoms with Crippen molar-refractivity contribution < 1.29 is 26.8 Å². The van der Waals surface area contributed by atoms with Crippen molar-refractivity contribution in [2.45, 2.75) is 24.0 Å². The number of nitrogens with one attached hydrogen (secondary N) is 1. The van der Waals surface area contributed by atoms with Crippen molar-refractivity contribution in [3.63, 3.8) is 0 Å². The van der Waals surface area contributed by atoms with Gasteiger partial charge >= 0.3 is 5.76 Å². The smallest absolute Gasteiger partial charge is 0.340 e. The summed E-state index contributed by atoms with van der Waals surface area (Å²) in [6.07, 6.45) is 0.345. The first-order chi connectivity index (χ1) is 15.1. The van der Waals surface area contributed by atoms with Gasteiger partial charge in [-0.15, -0.1) is 0 Å². The van der Waals surface area contributed by atoms with Gasteiger partial charge in [0.2, 0.25) is 21.7 Å². The van der Waals surface area contributed by atoms with Gasteiger partial charge in [-0.3, -0.25) is 14.5 Å². The third-order valence-electron chi connectivity index (χ3n) is 5.27. The molecule has 2 amide bonds. The van der Waals surface area contributed by atoms with Crippen LogP contribution >= 0.6 is 0 Å². The van der Waals surface area contributed by atoms with Crippen molar-refractivity contribution >= 4 is 27.3 Å². The molecular weight excluding hydrogens is 440 g/mol. The van der Waals surface area contributed by atoms with Crippen molar-refractivity contribution in [3.8, 4) is 0 Å². The van der Waals surface area contributed by atoms with E-state index in [1.54, 1.807) is 4.90 Å². The fourth-order valence-electron chi connectivity index (χ4n) is 3.38. The summed E-state index contributed by atoms with van der Waals surface area (Å²) in [6, 6.07) is 12.5. The van der Waals surface area contributed by atoms with Crippen LogP contribution in [0.25, 0.3) is 0 Å². The van der Waals surface area contributed by atoms with Crippen molar-refractivity contribution in [1.29, 1.82) is 0 Å². The summed E-state index contributed by atoms with van der Waals surface area (Å²) in [7, 11) is -4.67. The van der Waals surface area contributed by atoms with Gasteiger partial charge in [0.1, 0.15) is 0 Å². The summed E-state index contributed by atoms with van der Waals surface area (Å²) in [6.45, 7) is 4.26. The van der Waals surface area contributed by atoms with Crippen LogP contribution in [0, 0.1) is 6.92 Å². The van der Waals surface area contributed by atoms with Crippen LogP contribution in [-0.4, -0.2) is 68.5 Å². The van der Waals surface area contributed by atoms with E-state index in [2.05, 4.69) is 5.32 Å². The number of halogens is 2. The third-order valence-corrected chi connectivity index (χ3v) is 6.67. The molecule has 0 atom stereocenters. The molecule has 0 aliphatic carbocycles. The number of hydrogen-bond acceptors (Lipinski definition) is 5. The molecule has 0 radical (unpaired) electrons. The molecule has 10 heteroatoms. The number of piperazine rings is 1. The number of nitrogens with zero attached hydrogens (tertiary/aromatic N) is 2. The SMILES string of the molecule is Cc1ccc(CC(=O)N2CCN(CC(=O)Nc3ccc(S(=O)(=O)C(F)F)cc3)CC2)cc1. The summed E-state index contributed by atoms with van der Waals surface area (Å²) in [4.78, 5) is 28.0. The van der Waals surface area contributed by atoms with Gasteiger partial charge in [-0.05, 0) is 36.8 Å². The van der Waals surface area contributed by atoms with Crippen molar-refractivity contribution in [1.82, 2.24) is 9.80 Å². The van der Waals surface area contributed by atoms with E-state index >= 15 is 0 Å². The lowest BCUT2D eigenvalue weighted by molar-refractivity contribution is -0.132. The molecule has 1 aliphatic heterocycles. The molecule has 2 aromatic rings. The second kappa shape index (κ2) is 10.2. The largest absolute Gasteiger partial charge is 0.341 e. The minimum atomic E-state index is -4.67. The van der Waals surface area contributed by atoms with Gasteiger partial charge in [-0.2, -0.15) is 8.78 Å². The fourth-order valence-corrected chi connectivity index (χ4v) is 4.10. The van der Waals surface area contributed by atoms with Gasteiger partial charge in [0.25, 0.3) is 0 Å². The van der Waals surface area contributed by atoms with Crippen LogP contribution in [0.2, 0.25) is 0 Å². The standard InChI is InChI=1S/C22H25F2N3O4S/c1-16-2-4-17(5-3-16)14-21(29)27-12-10-26(11-13-27)15-20(28)25-18-6-8-19(9-7-18)32(30,31)22(23)24/h2-9,22H,10-15H2,1H3,(H,25,28). The number of amides is 2. The Kier molecular flexibility index (Phi) is 7.57. The molecule has 1 saturated heterocycles. The number of alkyl halides is 2. The average molecular weight is 466 g/mol. The molecule has 3 rings (SSSR count). The quantitative estimate of drug-likeness (QED) is 0.678. The fraction of sp³-hybridized carbons (Fsp3) is 0.364. The summed E-state index contributed by atoms with van der Waals surface area (Å²) in [5, 5.41) is 2.62. The van der Waals surface area contributed by atoms with Crippen molar-refractivity contribution in [2.75, 3.05) is 38.0 Å². The second-order valence-corrected chi connectivity index (χ2v) is 9.62. The molecule has 32 heavy (non-hydrogen) atoms. The topological polar surface area (TPSA) is 86.8 Å². The first-order valence-electron chi connectivity index (χ1n) is 10.1. The van der Waals surface area contributed by atoms with E-state index in [-0.39, 0.29) is 18.4 Å². The van der Waals surface area contributed by atoms with E-state index in [9.17, 15) is 26.8 Å². The highest BCUT2D eigenvalue weighted by Crippen LogP contribution is 2.20.